The first-order valence-corrected chi connectivity index (χ1v) is 12.2. The number of piperazine rings is 1. The van der Waals surface area contributed by atoms with E-state index in [1.54, 1.807) is 38.4 Å². The Kier molecular flexibility index (Phi) is 5.18. The monoisotopic (exact) mass is 447 g/mol. The number of halogens is 1. The summed E-state index contributed by atoms with van der Waals surface area (Å²) in [7, 11) is -3.37. The fourth-order valence-electron chi connectivity index (χ4n) is 4.04. The first kappa shape index (κ1) is 19.8. The van der Waals surface area contributed by atoms with Gasteiger partial charge in [-0.1, -0.05) is 12.1 Å². The lowest BCUT2D eigenvalue weighted by Crippen LogP contribution is -2.52. The Balaban J connectivity index is 1.37. The lowest BCUT2D eigenvalue weighted by Gasteiger charge is -2.36. The topological polar surface area (TPSA) is 69.6 Å². The van der Waals surface area contributed by atoms with E-state index < -0.39 is 10.2 Å². The second-order valence-electron chi connectivity index (χ2n) is 7.53. The highest BCUT2D eigenvalue weighted by Crippen LogP contribution is 2.37. The van der Waals surface area contributed by atoms with Crippen LogP contribution in [0.25, 0.3) is 20.7 Å². The van der Waals surface area contributed by atoms with Crippen LogP contribution in [0, 0.1) is 5.82 Å². The second kappa shape index (κ2) is 7.84. The summed E-state index contributed by atoms with van der Waals surface area (Å²) in [5, 5.41) is 0. The van der Waals surface area contributed by atoms with E-state index in [2.05, 4.69) is 14.9 Å². The Hall–Kier alpha value is -2.14. The molecule has 2 aliphatic rings. The molecular formula is C20H22FN5O2S2. The maximum atomic E-state index is 13.3. The molecule has 0 radical (unpaired) electrons. The number of fused-ring (bicyclic) bond motifs is 1. The normalized spacial score (nSPS) is 19.0. The summed E-state index contributed by atoms with van der Waals surface area (Å²) in [4.78, 5) is 12.0. The van der Waals surface area contributed by atoms with E-state index in [1.165, 1.54) is 12.1 Å². The summed E-state index contributed by atoms with van der Waals surface area (Å²) in [6, 6.07) is 8.41. The van der Waals surface area contributed by atoms with Gasteiger partial charge in [-0.2, -0.15) is 17.0 Å². The third-order valence-corrected chi connectivity index (χ3v) is 8.88. The van der Waals surface area contributed by atoms with Gasteiger partial charge < -0.3 is 4.90 Å². The zero-order chi connectivity index (χ0) is 20.7. The first-order chi connectivity index (χ1) is 14.5. The molecule has 0 amide bonds. The Morgan fingerprint density at radius 1 is 0.900 bits per heavy atom. The summed E-state index contributed by atoms with van der Waals surface area (Å²) in [6.07, 6.45) is 3.42. The van der Waals surface area contributed by atoms with Crippen LogP contribution in [0.3, 0.4) is 0 Å². The Morgan fingerprint density at radius 2 is 1.57 bits per heavy atom. The molecule has 1 aromatic carbocycles. The van der Waals surface area contributed by atoms with Crippen LogP contribution in [0.1, 0.15) is 12.8 Å². The largest absolute Gasteiger partial charge is 0.353 e. The highest BCUT2D eigenvalue weighted by atomic mass is 32.2. The van der Waals surface area contributed by atoms with E-state index >= 15 is 0 Å². The van der Waals surface area contributed by atoms with Gasteiger partial charge in [0.1, 0.15) is 18.0 Å². The average molecular weight is 448 g/mol. The zero-order valence-corrected chi connectivity index (χ0v) is 18.0. The number of anilines is 1. The van der Waals surface area contributed by atoms with Crippen molar-refractivity contribution in [1.29, 1.82) is 0 Å². The van der Waals surface area contributed by atoms with Gasteiger partial charge in [0.25, 0.3) is 10.2 Å². The molecule has 5 rings (SSSR count). The van der Waals surface area contributed by atoms with Crippen molar-refractivity contribution in [2.45, 2.75) is 12.8 Å². The van der Waals surface area contributed by atoms with Gasteiger partial charge >= 0.3 is 0 Å². The Bertz CT molecular complexity index is 1150. The van der Waals surface area contributed by atoms with Gasteiger partial charge in [-0.15, -0.1) is 11.3 Å². The summed E-state index contributed by atoms with van der Waals surface area (Å²) in [6.45, 7) is 3.31. The van der Waals surface area contributed by atoms with Crippen LogP contribution < -0.4 is 4.90 Å². The van der Waals surface area contributed by atoms with Crippen LogP contribution in [0.15, 0.2) is 36.7 Å². The van der Waals surface area contributed by atoms with Crippen LogP contribution in [-0.2, 0) is 10.2 Å². The maximum Gasteiger partial charge on any atom is 0.282 e. The van der Waals surface area contributed by atoms with Gasteiger partial charge in [0.15, 0.2) is 0 Å². The maximum absolute atomic E-state index is 13.3. The number of benzene rings is 1. The van der Waals surface area contributed by atoms with Crippen molar-refractivity contribution in [2.24, 2.45) is 0 Å². The Morgan fingerprint density at radius 3 is 2.27 bits per heavy atom. The smallest absolute Gasteiger partial charge is 0.282 e. The van der Waals surface area contributed by atoms with Gasteiger partial charge in [0.2, 0.25) is 0 Å². The molecule has 3 aromatic rings. The third-order valence-electron chi connectivity index (χ3n) is 5.68. The first-order valence-electron chi connectivity index (χ1n) is 10.0. The molecule has 0 atom stereocenters. The van der Waals surface area contributed by atoms with E-state index in [4.69, 9.17) is 0 Å². The van der Waals surface area contributed by atoms with E-state index in [9.17, 15) is 12.8 Å². The fraction of sp³-hybridized carbons (Fsp3) is 0.400. The van der Waals surface area contributed by atoms with Gasteiger partial charge in [-0.3, -0.25) is 0 Å². The fourth-order valence-corrected chi connectivity index (χ4v) is 6.84. The quantitative estimate of drug-likeness (QED) is 0.615. The minimum Gasteiger partial charge on any atom is -0.353 e. The van der Waals surface area contributed by atoms with E-state index in [1.807, 2.05) is 6.07 Å². The molecule has 0 saturated carbocycles. The molecule has 4 heterocycles. The van der Waals surface area contributed by atoms with Crippen LogP contribution in [-0.4, -0.2) is 66.3 Å². The second-order valence-corrected chi connectivity index (χ2v) is 10.5. The molecule has 7 nitrogen and oxygen atoms in total. The summed E-state index contributed by atoms with van der Waals surface area (Å²) < 4.78 is 43.0. The minimum absolute atomic E-state index is 0.262. The van der Waals surface area contributed by atoms with Crippen LogP contribution in [0.4, 0.5) is 10.2 Å². The predicted molar refractivity (Wildman–Crippen MR) is 116 cm³/mol. The number of rotatable bonds is 4. The van der Waals surface area contributed by atoms with Crippen molar-refractivity contribution >= 4 is 37.6 Å². The summed E-state index contributed by atoms with van der Waals surface area (Å²) in [5.74, 6) is 0.568. The molecule has 30 heavy (non-hydrogen) atoms. The minimum atomic E-state index is -3.37. The lowest BCUT2D eigenvalue weighted by molar-refractivity contribution is 0.343. The number of hydrogen-bond donors (Lipinski definition) is 0. The standard InChI is InChI=1S/C20H22FN5O2S2/c21-16-5-3-15(4-6-16)18-13-17-19(29-18)20(23-14-22-17)24-9-11-26(12-10-24)30(27,28)25-7-1-2-8-25/h3-6,13-14H,1-2,7-12H2. The van der Waals surface area contributed by atoms with Gasteiger partial charge in [-0.25, -0.2) is 14.4 Å². The number of hydrogen-bond acceptors (Lipinski definition) is 6. The molecule has 10 heteroatoms. The van der Waals surface area contributed by atoms with Crippen LogP contribution in [0.5, 0.6) is 0 Å². The third kappa shape index (κ3) is 3.58. The van der Waals surface area contributed by atoms with Crippen molar-refractivity contribution in [1.82, 2.24) is 18.6 Å². The Labute approximate surface area is 178 Å². The molecule has 0 aliphatic carbocycles. The summed E-state index contributed by atoms with van der Waals surface area (Å²) >= 11 is 1.57. The van der Waals surface area contributed by atoms with Crippen molar-refractivity contribution in [3.63, 3.8) is 0 Å². The predicted octanol–water partition coefficient (Wildman–Crippen LogP) is 2.96. The molecule has 2 fully saturated rings. The number of aromatic nitrogens is 2. The van der Waals surface area contributed by atoms with Crippen LogP contribution >= 0.6 is 11.3 Å². The highest BCUT2D eigenvalue weighted by Gasteiger charge is 2.34. The molecular weight excluding hydrogens is 425 g/mol. The molecule has 2 aliphatic heterocycles. The van der Waals surface area contributed by atoms with Crippen molar-refractivity contribution < 1.29 is 12.8 Å². The van der Waals surface area contributed by atoms with E-state index in [0.717, 1.165) is 39.3 Å². The van der Waals surface area contributed by atoms with Crippen molar-refractivity contribution in [2.75, 3.05) is 44.2 Å². The molecule has 0 bridgehead atoms. The van der Waals surface area contributed by atoms with E-state index in [-0.39, 0.29) is 5.82 Å². The number of nitrogens with zero attached hydrogens (tertiary/aromatic N) is 5. The van der Waals surface area contributed by atoms with Crippen molar-refractivity contribution in [3.8, 4) is 10.4 Å². The summed E-state index contributed by atoms with van der Waals surface area (Å²) in [5.41, 5.74) is 1.78. The molecule has 158 valence electrons. The lowest BCUT2D eigenvalue weighted by atomic mass is 10.2. The van der Waals surface area contributed by atoms with Gasteiger partial charge in [0.05, 0.1) is 10.2 Å². The molecule has 2 aromatic heterocycles. The molecule has 0 spiro atoms. The van der Waals surface area contributed by atoms with E-state index in [0.29, 0.717) is 39.3 Å². The van der Waals surface area contributed by atoms with Gasteiger partial charge in [-0.05, 0) is 36.6 Å². The average Bonchev–Trinajstić information content (AvgIpc) is 3.44. The van der Waals surface area contributed by atoms with Crippen molar-refractivity contribution in [3.05, 3.63) is 42.5 Å². The number of thiophene rings is 1. The molecule has 0 N–H and O–H groups in total. The van der Waals surface area contributed by atoms with Crippen LogP contribution in [0.2, 0.25) is 0 Å². The molecule has 0 unspecified atom stereocenters. The zero-order valence-electron chi connectivity index (χ0n) is 16.4. The SMILES string of the molecule is O=S(=O)(N1CCCC1)N1CCN(c2ncnc3cc(-c4ccc(F)cc4)sc23)CC1. The molecule has 2 saturated heterocycles. The highest BCUT2D eigenvalue weighted by molar-refractivity contribution is 7.86. The van der Waals surface area contributed by atoms with Gasteiger partial charge in [0, 0.05) is 44.1 Å².